The van der Waals surface area contributed by atoms with Crippen molar-refractivity contribution < 1.29 is 0 Å². The van der Waals surface area contributed by atoms with E-state index in [4.69, 9.17) is 0 Å². The van der Waals surface area contributed by atoms with Crippen LogP contribution >= 0.6 is 0 Å². The van der Waals surface area contributed by atoms with Crippen molar-refractivity contribution in [1.29, 1.82) is 0 Å². The summed E-state index contributed by atoms with van der Waals surface area (Å²) in [5, 5.41) is 0. The molecule has 0 aliphatic carbocycles. The van der Waals surface area contributed by atoms with Crippen LogP contribution < -0.4 is 26.2 Å². The molecule has 2 heterocycles. The van der Waals surface area contributed by atoms with Crippen molar-refractivity contribution in [3.8, 4) is 44.5 Å². The Kier molecular flexibility index (Phi) is 8.86. The summed E-state index contributed by atoms with van der Waals surface area (Å²) in [5.41, 5.74) is 21.8. The van der Waals surface area contributed by atoms with Gasteiger partial charge < -0.3 is 9.80 Å². The second kappa shape index (κ2) is 14.7. The van der Waals surface area contributed by atoms with Crippen LogP contribution in [0.1, 0.15) is 26.3 Å². The molecule has 9 aromatic rings. The highest BCUT2D eigenvalue weighted by molar-refractivity contribution is 7.00. The van der Waals surface area contributed by atoms with Crippen LogP contribution in [-0.2, 0) is 5.41 Å². The fourth-order valence-electron chi connectivity index (χ4n) is 9.78. The molecule has 0 N–H and O–H groups in total. The molecule has 9 aromatic carbocycles. The molecule has 290 valence electrons. The van der Waals surface area contributed by atoms with Crippen LogP contribution in [0.5, 0.6) is 0 Å². The highest BCUT2D eigenvalue weighted by atomic mass is 15.2. The van der Waals surface area contributed by atoms with Gasteiger partial charge in [0, 0.05) is 45.0 Å². The van der Waals surface area contributed by atoms with Crippen molar-refractivity contribution in [3.05, 3.63) is 224 Å². The number of anilines is 6. The minimum Gasteiger partial charge on any atom is -0.310 e. The van der Waals surface area contributed by atoms with Crippen LogP contribution in [0, 0.1) is 0 Å². The van der Waals surface area contributed by atoms with Gasteiger partial charge in [-0.3, -0.25) is 0 Å². The fraction of sp³-hybridized carbons (Fsp3) is 0.0690. The van der Waals surface area contributed by atoms with Gasteiger partial charge in [0.05, 0.1) is 11.4 Å². The minimum atomic E-state index is -0.158. The van der Waals surface area contributed by atoms with E-state index in [0.717, 1.165) is 0 Å². The smallest absolute Gasteiger partial charge is 0.252 e. The third-order valence-electron chi connectivity index (χ3n) is 12.6. The van der Waals surface area contributed by atoms with Gasteiger partial charge in [0.1, 0.15) is 0 Å². The average molecular weight is 781 g/mol. The molecule has 0 atom stereocenters. The standard InChI is InChI=1S/C58H45BN2/c1-58(2,3)44-38-53-55-54(39-44)61(57-47(42-26-12-6-13-27-42)32-21-33-48(57)43-28-14-7-15-29-43)52-37-19-17-35-50(52)59(55)49-34-16-18-36-51(49)60(53)56-45(40-22-8-4-9-23-40)30-20-31-46(56)41-24-10-5-11-25-41/h4-39H,1-3H3. The Bertz CT molecular complexity index is 2750. The first-order chi connectivity index (χ1) is 30.0. The number of para-hydroxylation sites is 4. The first-order valence-electron chi connectivity index (χ1n) is 21.4. The van der Waals surface area contributed by atoms with Gasteiger partial charge in [-0.15, -0.1) is 0 Å². The van der Waals surface area contributed by atoms with Crippen molar-refractivity contribution in [2.75, 3.05) is 9.80 Å². The predicted octanol–water partition coefficient (Wildman–Crippen LogP) is 13.7. The maximum absolute atomic E-state index is 2.61. The van der Waals surface area contributed by atoms with Crippen molar-refractivity contribution >= 4 is 57.2 Å². The summed E-state index contributed by atoms with van der Waals surface area (Å²) in [4.78, 5) is 5.22. The summed E-state index contributed by atoms with van der Waals surface area (Å²) in [6, 6.07) is 80.6. The van der Waals surface area contributed by atoms with E-state index in [0.29, 0.717) is 0 Å². The SMILES string of the molecule is CC(C)(C)c1cc2c3c(c1)N(c1c(-c4ccccc4)cccc1-c1ccccc1)c1ccccc1B3c1ccccc1N2c1c(-c2ccccc2)cccc1-c1ccccc1. The Morgan fingerprint density at radius 2 is 0.639 bits per heavy atom. The second-order valence-electron chi connectivity index (χ2n) is 17.3. The van der Waals surface area contributed by atoms with Crippen molar-refractivity contribution in [1.82, 2.24) is 0 Å². The Morgan fingerprint density at radius 1 is 0.328 bits per heavy atom. The zero-order chi connectivity index (χ0) is 41.1. The highest BCUT2D eigenvalue weighted by Crippen LogP contribution is 2.53. The first-order valence-corrected chi connectivity index (χ1v) is 21.4. The molecule has 0 radical (unpaired) electrons. The Balaban J connectivity index is 1.30. The largest absolute Gasteiger partial charge is 0.310 e. The van der Waals surface area contributed by atoms with Crippen LogP contribution in [0.25, 0.3) is 44.5 Å². The van der Waals surface area contributed by atoms with E-state index in [9.17, 15) is 0 Å². The zero-order valence-corrected chi connectivity index (χ0v) is 34.8. The average Bonchev–Trinajstić information content (AvgIpc) is 3.32. The molecule has 0 fully saturated rings. The summed E-state index contributed by atoms with van der Waals surface area (Å²) in [6.07, 6.45) is 0. The minimum absolute atomic E-state index is 0.00652. The molecule has 0 spiro atoms. The molecular weight excluding hydrogens is 735 g/mol. The second-order valence-corrected chi connectivity index (χ2v) is 17.3. The lowest BCUT2D eigenvalue weighted by Gasteiger charge is -2.46. The highest BCUT2D eigenvalue weighted by Gasteiger charge is 2.45. The molecule has 11 rings (SSSR count). The predicted molar refractivity (Wildman–Crippen MR) is 261 cm³/mol. The Hall–Kier alpha value is -7.36. The summed E-state index contributed by atoms with van der Waals surface area (Å²) < 4.78 is 0. The van der Waals surface area contributed by atoms with E-state index >= 15 is 0 Å². The molecule has 61 heavy (non-hydrogen) atoms. The van der Waals surface area contributed by atoms with E-state index in [1.54, 1.807) is 0 Å². The van der Waals surface area contributed by atoms with Crippen LogP contribution in [0.15, 0.2) is 218 Å². The van der Waals surface area contributed by atoms with E-state index in [1.165, 1.54) is 101 Å². The molecule has 0 saturated carbocycles. The molecule has 0 aromatic heterocycles. The van der Waals surface area contributed by atoms with Gasteiger partial charge in [0.25, 0.3) is 6.71 Å². The summed E-state index contributed by atoms with van der Waals surface area (Å²) in [6.45, 7) is 7.05. The monoisotopic (exact) mass is 780 g/mol. The third-order valence-corrected chi connectivity index (χ3v) is 12.6. The number of fused-ring (bicyclic) bond motifs is 4. The number of nitrogens with zero attached hydrogens (tertiary/aromatic N) is 2. The van der Waals surface area contributed by atoms with Crippen LogP contribution in [-0.4, -0.2) is 6.71 Å². The van der Waals surface area contributed by atoms with Crippen molar-refractivity contribution in [2.45, 2.75) is 26.2 Å². The van der Waals surface area contributed by atoms with Gasteiger partial charge >= 0.3 is 0 Å². The molecule has 0 bridgehead atoms. The van der Waals surface area contributed by atoms with Gasteiger partial charge in [-0.1, -0.05) is 215 Å². The van der Waals surface area contributed by atoms with E-state index in [-0.39, 0.29) is 12.1 Å². The summed E-state index contributed by atoms with van der Waals surface area (Å²) in [7, 11) is 0. The van der Waals surface area contributed by atoms with Gasteiger partial charge in [-0.2, -0.15) is 0 Å². The van der Waals surface area contributed by atoms with Crippen molar-refractivity contribution in [3.63, 3.8) is 0 Å². The van der Waals surface area contributed by atoms with Crippen molar-refractivity contribution in [2.24, 2.45) is 0 Å². The lowest BCUT2D eigenvalue weighted by atomic mass is 9.33. The maximum Gasteiger partial charge on any atom is 0.252 e. The van der Waals surface area contributed by atoms with E-state index < -0.39 is 0 Å². The van der Waals surface area contributed by atoms with Gasteiger partial charge in [0.15, 0.2) is 0 Å². The number of benzene rings is 9. The third kappa shape index (κ3) is 6.11. The number of rotatable bonds is 6. The van der Waals surface area contributed by atoms with E-state index in [1.807, 2.05) is 0 Å². The lowest BCUT2D eigenvalue weighted by molar-refractivity contribution is 0.590. The lowest BCUT2D eigenvalue weighted by Crippen LogP contribution is -2.61. The first kappa shape index (κ1) is 36.7. The molecule has 3 heteroatoms. The summed E-state index contributed by atoms with van der Waals surface area (Å²) >= 11 is 0. The van der Waals surface area contributed by atoms with Gasteiger partial charge in [-0.25, -0.2) is 0 Å². The molecule has 0 unspecified atom stereocenters. The summed E-state index contributed by atoms with van der Waals surface area (Å²) in [5.74, 6) is 0. The molecule has 2 aliphatic rings. The van der Waals surface area contributed by atoms with E-state index in [2.05, 4.69) is 249 Å². The molecule has 0 amide bonds. The number of hydrogen-bond acceptors (Lipinski definition) is 2. The molecule has 2 nitrogen and oxygen atoms in total. The normalized spacial score (nSPS) is 12.7. The maximum atomic E-state index is 2.61. The van der Waals surface area contributed by atoms with Crippen LogP contribution in [0.2, 0.25) is 0 Å². The quantitative estimate of drug-likeness (QED) is 0.155. The van der Waals surface area contributed by atoms with Gasteiger partial charge in [0.2, 0.25) is 0 Å². The van der Waals surface area contributed by atoms with Crippen LogP contribution in [0.4, 0.5) is 34.1 Å². The molecular formula is C58H45BN2. The Labute approximate surface area is 360 Å². The fourth-order valence-corrected chi connectivity index (χ4v) is 9.78. The number of hydrogen-bond donors (Lipinski definition) is 0. The van der Waals surface area contributed by atoms with Gasteiger partial charge in [-0.05, 0) is 73.9 Å². The topological polar surface area (TPSA) is 6.48 Å². The van der Waals surface area contributed by atoms with Crippen LogP contribution in [0.3, 0.4) is 0 Å². The Morgan fingerprint density at radius 3 is 0.967 bits per heavy atom. The molecule has 2 aliphatic heterocycles. The molecule has 0 saturated heterocycles. The zero-order valence-electron chi connectivity index (χ0n) is 34.8.